The average Bonchev–Trinajstić information content (AvgIpc) is 3.09. The zero-order valence-electron chi connectivity index (χ0n) is 14.9. The van der Waals surface area contributed by atoms with Gasteiger partial charge in [-0.3, -0.25) is 4.79 Å². The summed E-state index contributed by atoms with van der Waals surface area (Å²) in [7, 11) is 0. The number of carbonyl (C=O) groups is 1. The van der Waals surface area contributed by atoms with Crippen molar-refractivity contribution in [1.29, 1.82) is 0 Å². The summed E-state index contributed by atoms with van der Waals surface area (Å²) >= 11 is 0. The van der Waals surface area contributed by atoms with Gasteiger partial charge in [-0.1, -0.05) is 66.9 Å². The van der Waals surface area contributed by atoms with E-state index in [4.69, 9.17) is 0 Å². The maximum atomic E-state index is 13.2. The SMILES string of the molecule is Cc1ccc(C)c([C@H](C)NC(=O)C2(c3ccccc3)CCCC2)c1. The maximum Gasteiger partial charge on any atom is 0.231 e. The van der Waals surface area contributed by atoms with Crippen molar-refractivity contribution in [3.63, 3.8) is 0 Å². The highest BCUT2D eigenvalue weighted by Gasteiger charge is 2.42. The predicted molar refractivity (Wildman–Crippen MR) is 99.1 cm³/mol. The first-order chi connectivity index (χ1) is 11.5. The van der Waals surface area contributed by atoms with Gasteiger partial charge in [-0.15, -0.1) is 0 Å². The van der Waals surface area contributed by atoms with Crippen LogP contribution in [-0.4, -0.2) is 5.91 Å². The van der Waals surface area contributed by atoms with Crippen LogP contribution in [0.5, 0.6) is 0 Å². The minimum Gasteiger partial charge on any atom is -0.349 e. The molecule has 1 aliphatic carbocycles. The van der Waals surface area contributed by atoms with Crippen LogP contribution in [0.15, 0.2) is 48.5 Å². The summed E-state index contributed by atoms with van der Waals surface area (Å²) in [5, 5.41) is 3.31. The van der Waals surface area contributed by atoms with Crippen molar-refractivity contribution in [3.8, 4) is 0 Å². The molecule has 1 amide bonds. The second-order valence-electron chi connectivity index (χ2n) is 7.21. The van der Waals surface area contributed by atoms with Crippen molar-refractivity contribution in [1.82, 2.24) is 5.32 Å². The number of amides is 1. The molecule has 0 saturated heterocycles. The molecule has 24 heavy (non-hydrogen) atoms. The number of nitrogens with one attached hydrogen (secondary N) is 1. The normalized spacial score (nSPS) is 17.5. The van der Waals surface area contributed by atoms with Crippen LogP contribution < -0.4 is 5.32 Å². The topological polar surface area (TPSA) is 29.1 Å². The summed E-state index contributed by atoms with van der Waals surface area (Å²) in [6.07, 6.45) is 4.14. The minimum absolute atomic E-state index is 0.0265. The van der Waals surface area contributed by atoms with Crippen molar-refractivity contribution < 1.29 is 4.79 Å². The summed E-state index contributed by atoms with van der Waals surface area (Å²) in [6, 6.07) is 16.8. The molecule has 0 bridgehead atoms. The van der Waals surface area contributed by atoms with Crippen LogP contribution in [0.1, 0.15) is 60.9 Å². The van der Waals surface area contributed by atoms with E-state index in [0.717, 1.165) is 31.2 Å². The second-order valence-corrected chi connectivity index (χ2v) is 7.21. The third-order valence-corrected chi connectivity index (χ3v) is 5.47. The average molecular weight is 321 g/mol. The van der Waals surface area contributed by atoms with Crippen LogP contribution in [0.25, 0.3) is 0 Å². The van der Waals surface area contributed by atoms with Gasteiger partial charge in [-0.2, -0.15) is 0 Å². The van der Waals surface area contributed by atoms with Gasteiger partial charge in [0.1, 0.15) is 0 Å². The molecule has 1 atom stereocenters. The lowest BCUT2D eigenvalue weighted by Gasteiger charge is -2.30. The van der Waals surface area contributed by atoms with E-state index in [1.165, 1.54) is 16.7 Å². The van der Waals surface area contributed by atoms with Crippen molar-refractivity contribution >= 4 is 5.91 Å². The van der Waals surface area contributed by atoms with Gasteiger partial charge in [0.2, 0.25) is 5.91 Å². The van der Waals surface area contributed by atoms with Gasteiger partial charge in [0, 0.05) is 0 Å². The Morgan fingerprint density at radius 1 is 1.04 bits per heavy atom. The second kappa shape index (κ2) is 6.80. The van der Waals surface area contributed by atoms with Crippen molar-refractivity contribution in [3.05, 3.63) is 70.8 Å². The third kappa shape index (κ3) is 3.10. The minimum atomic E-state index is -0.354. The van der Waals surface area contributed by atoms with Crippen molar-refractivity contribution in [2.24, 2.45) is 0 Å². The fourth-order valence-electron chi connectivity index (χ4n) is 4.02. The van der Waals surface area contributed by atoms with Gasteiger partial charge in [0.05, 0.1) is 11.5 Å². The summed E-state index contributed by atoms with van der Waals surface area (Å²) in [5.41, 5.74) is 4.48. The summed E-state index contributed by atoms with van der Waals surface area (Å²) in [4.78, 5) is 13.2. The van der Waals surface area contributed by atoms with Gasteiger partial charge in [-0.05, 0) is 50.3 Å². The molecule has 1 N–H and O–H groups in total. The fraction of sp³-hybridized carbons (Fsp3) is 0.409. The molecule has 0 aromatic heterocycles. The van der Waals surface area contributed by atoms with Gasteiger partial charge in [0.15, 0.2) is 0 Å². The van der Waals surface area contributed by atoms with Crippen LogP contribution in [-0.2, 0) is 10.2 Å². The van der Waals surface area contributed by atoms with Crippen LogP contribution in [0.3, 0.4) is 0 Å². The Bertz CT molecular complexity index is 714. The molecule has 1 saturated carbocycles. The molecule has 126 valence electrons. The Morgan fingerprint density at radius 3 is 2.38 bits per heavy atom. The Balaban J connectivity index is 1.86. The first kappa shape index (κ1) is 16.8. The number of aryl methyl sites for hydroxylation is 2. The first-order valence-electron chi connectivity index (χ1n) is 8.96. The maximum absolute atomic E-state index is 13.2. The lowest BCUT2D eigenvalue weighted by atomic mass is 9.77. The van der Waals surface area contributed by atoms with Crippen LogP contribution in [0, 0.1) is 13.8 Å². The molecule has 2 aromatic carbocycles. The molecule has 1 aliphatic rings. The molecule has 0 radical (unpaired) electrons. The van der Waals surface area contributed by atoms with E-state index in [1.54, 1.807) is 0 Å². The quantitative estimate of drug-likeness (QED) is 0.844. The van der Waals surface area contributed by atoms with Crippen molar-refractivity contribution in [2.45, 2.75) is 57.9 Å². The van der Waals surface area contributed by atoms with Gasteiger partial charge in [0.25, 0.3) is 0 Å². The van der Waals surface area contributed by atoms with E-state index in [9.17, 15) is 4.79 Å². The predicted octanol–water partition coefficient (Wildman–Crippen LogP) is 4.99. The Morgan fingerprint density at radius 2 is 1.71 bits per heavy atom. The molecule has 2 aromatic rings. The highest BCUT2D eigenvalue weighted by molar-refractivity contribution is 5.89. The fourth-order valence-corrected chi connectivity index (χ4v) is 4.02. The lowest BCUT2D eigenvalue weighted by Crippen LogP contribution is -2.43. The standard InChI is InChI=1S/C22H27NO/c1-16-11-12-17(2)20(15-16)18(3)23-21(24)22(13-7-8-14-22)19-9-5-4-6-10-19/h4-6,9-12,15,18H,7-8,13-14H2,1-3H3,(H,23,24)/t18-/m0/s1. The van der Waals surface area contributed by atoms with Crippen molar-refractivity contribution in [2.75, 3.05) is 0 Å². The van der Waals surface area contributed by atoms with Crippen LogP contribution in [0.2, 0.25) is 0 Å². The summed E-state index contributed by atoms with van der Waals surface area (Å²) in [6.45, 7) is 6.30. The van der Waals surface area contributed by atoms with E-state index < -0.39 is 0 Å². The summed E-state index contributed by atoms with van der Waals surface area (Å²) < 4.78 is 0. The molecular formula is C22H27NO. The van der Waals surface area contributed by atoms with E-state index >= 15 is 0 Å². The Hall–Kier alpha value is -2.09. The molecule has 2 heteroatoms. The summed E-state index contributed by atoms with van der Waals surface area (Å²) in [5.74, 6) is 0.180. The molecule has 2 nitrogen and oxygen atoms in total. The van der Waals surface area contributed by atoms with Crippen LogP contribution in [0.4, 0.5) is 0 Å². The van der Waals surface area contributed by atoms with E-state index in [2.05, 4.69) is 56.4 Å². The highest BCUT2D eigenvalue weighted by atomic mass is 16.2. The molecule has 1 fully saturated rings. The van der Waals surface area contributed by atoms with E-state index in [0.29, 0.717) is 0 Å². The molecular weight excluding hydrogens is 294 g/mol. The van der Waals surface area contributed by atoms with E-state index in [-0.39, 0.29) is 17.4 Å². The van der Waals surface area contributed by atoms with Gasteiger partial charge < -0.3 is 5.32 Å². The smallest absolute Gasteiger partial charge is 0.231 e. The first-order valence-corrected chi connectivity index (χ1v) is 8.96. The van der Waals surface area contributed by atoms with Gasteiger partial charge >= 0.3 is 0 Å². The zero-order chi connectivity index (χ0) is 17.2. The molecule has 0 unspecified atom stereocenters. The Labute approximate surface area is 145 Å². The molecule has 0 spiro atoms. The zero-order valence-corrected chi connectivity index (χ0v) is 14.9. The largest absolute Gasteiger partial charge is 0.349 e. The lowest BCUT2D eigenvalue weighted by molar-refractivity contribution is -0.127. The number of rotatable bonds is 4. The monoisotopic (exact) mass is 321 g/mol. The molecule has 0 aliphatic heterocycles. The highest BCUT2D eigenvalue weighted by Crippen LogP contribution is 2.41. The number of benzene rings is 2. The molecule has 0 heterocycles. The molecule has 3 rings (SSSR count). The van der Waals surface area contributed by atoms with Gasteiger partial charge in [-0.25, -0.2) is 0 Å². The number of hydrogen-bond donors (Lipinski definition) is 1. The number of hydrogen-bond acceptors (Lipinski definition) is 1. The van der Waals surface area contributed by atoms with E-state index in [1.807, 2.05) is 18.2 Å². The van der Waals surface area contributed by atoms with Crippen LogP contribution >= 0.6 is 0 Å². The number of carbonyl (C=O) groups excluding carboxylic acids is 1. The Kier molecular flexibility index (Phi) is 4.75. The third-order valence-electron chi connectivity index (χ3n) is 5.47.